The highest BCUT2D eigenvalue weighted by atomic mass is 32.1. The number of aliphatic hydroxyl groups excluding tert-OH is 2. The summed E-state index contributed by atoms with van der Waals surface area (Å²) >= 11 is 1.56. The lowest BCUT2D eigenvalue weighted by atomic mass is 9.81. The molecule has 6 atom stereocenters. The molecule has 6 nitrogen and oxygen atoms in total. The van der Waals surface area contributed by atoms with Gasteiger partial charge in [0.2, 0.25) is 0 Å². The molecule has 0 unspecified atom stereocenters. The molecule has 0 bridgehead atoms. The van der Waals surface area contributed by atoms with Gasteiger partial charge in [0, 0.05) is 23.6 Å². The average molecular weight is 464 g/mol. The van der Waals surface area contributed by atoms with Crippen molar-refractivity contribution in [3.63, 3.8) is 0 Å². The van der Waals surface area contributed by atoms with Crippen LogP contribution in [0.4, 0.5) is 0 Å². The van der Waals surface area contributed by atoms with E-state index in [1.165, 1.54) is 0 Å². The summed E-state index contributed by atoms with van der Waals surface area (Å²) in [6, 6.07) is 0. The zero-order valence-electron chi connectivity index (χ0n) is 19.8. The van der Waals surface area contributed by atoms with E-state index in [4.69, 9.17) is 4.74 Å². The Morgan fingerprint density at radius 1 is 1.19 bits per heavy atom. The van der Waals surface area contributed by atoms with Crippen molar-refractivity contribution in [3.05, 3.63) is 33.8 Å². The van der Waals surface area contributed by atoms with Crippen LogP contribution in [0.25, 0.3) is 6.08 Å². The molecule has 0 saturated heterocycles. The quantitative estimate of drug-likeness (QED) is 0.496. The Kier molecular flexibility index (Phi) is 10.3. The summed E-state index contributed by atoms with van der Waals surface area (Å²) in [5.41, 5.74) is 1.70. The minimum absolute atomic E-state index is 0.0240. The second-order valence-corrected chi connectivity index (χ2v) is 10.1. The van der Waals surface area contributed by atoms with Gasteiger partial charge in [-0.1, -0.05) is 32.9 Å². The average Bonchev–Trinajstić information content (AvgIpc) is 3.16. The summed E-state index contributed by atoms with van der Waals surface area (Å²) in [5, 5.41) is 24.0. The third-order valence-electron chi connectivity index (χ3n) is 6.29. The van der Waals surface area contributed by atoms with Crippen LogP contribution in [0.5, 0.6) is 0 Å². The van der Waals surface area contributed by atoms with Crippen molar-refractivity contribution < 1.29 is 24.5 Å². The van der Waals surface area contributed by atoms with Gasteiger partial charge in [0.25, 0.3) is 0 Å². The third kappa shape index (κ3) is 7.64. The number of hydrogen-bond acceptors (Lipinski definition) is 7. The Bertz CT molecular complexity index is 830. The Morgan fingerprint density at radius 3 is 2.56 bits per heavy atom. The normalized spacial score (nSPS) is 33.0. The van der Waals surface area contributed by atoms with Crippen molar-refractivity contribution >= 4 is 29.2 Å². The predicted molar refractivity (Wildman–Crippen MR) is 127 cm³/mol. The standard InChI is InChI=1S/C25H37NO5S/c1-15-10-8-6-7-9-11-22(16(2)12-20-14-32-19(5)26-20)31-23(28)13-21(27)17(3)25(30)18(4)24(15)29/h7,9,12,14-15,17-18,21-22,24,27,29H,6,8,10-11,13H2,1-5H3/b9-7-,16-12+/t15-,17+,18-,21+,22-,24-/m1/s1. The molecule has 0 spiro atoms. The zero-order valence-corrected chi connectivity index (χ0v) is 20.6. The van der Waals surface area contributed by atoms with Crippen LogP contribution in [0.15, 0.2) is 23.1 Å². The van der Waals surface area contributed by atoms with E-state index >= 15 is 0 Å². The fraction of sp³-hybridized carbons (Fsp3) is 0.640. The third-order valence-corrected chi connectivity index (χ3v) is 7.08. The lowest BCUT2D eigenvalue weighted by Crippen LogP contribution is -2.39. The van der Waals surface area contributed by atoms with Gasteiger partial charge in [-0.05, 0) is 50.7 Å². The molecular formula is C25H37NO5S. The van der Waals surface area contributed by atoms with Crippen molar-refractivity contribution in [2.24, 2.45) is 17.8 Å². The van der Waals surface area contributed by atoms with E-state index in [0.717, 1.165) is 35.5 Å². The lowest BCUT2D eigenvalue weighted by Gasteiger charge is -2.28. The van der Waals surface area contributed by atoms with Crippen LogP contribution >= 0.6 is 11.3 Å². The van der Waals surface area contributed by atoms with Crippen LogP contribution in [-0.4, -0.2) is 45.3 Å². The molecule has 178 valence electrons. The summed E-state index contributed by atoms with van der Waals surface area (Å²) in [6.07, 6.45) is 6.41. The van der Waals surface area contributed by atoms with Gasteiger partial charge in [-0.15, -0.1) is 11.3 Å². The number of hydrogen-bond donors (Lipinski definition) is 2. The number of aliphatic hydroxyl groups is 2. The van der Waals surface area contributed by atoms with Crippen LogP contribution in [0.2, 0.25) is 0 Å². The molecule has 2 rings (SSSR count). The number of nitrogens with zero attached hydrogens (tertiary/aromatic N) is 1. The number of aryl methyl sites for hydroxylation is 1. The number of carbonyl (C=O) groups is 2. The molecule has 0 radical (unpaired) electrons. The summed E-state index contributed by atoms with van der Waals surface area (Å²) in [4.78, 5) is 29.8. The highest BCUT2D eigenvalue weighted by Gasteiger charge is 2.34. The smallest absolute Gasteiger partial charge is 0.309 e. The second-order valence-electron chi connectivity index (χ2n) is 9.02. The number of carbonyl (C=O) groups excluding carboxylic acids is 2. The van der Waals surface area contributed by atoms with Crippen LogP contribution in [-0.2, 0) is 14.3 Å². The molecule has 0 aromatic carbocycles. The fourth-order valence-corrected chi connectivity index (χ4v) is 4.56. The van der Waals surface area contributed by atoms with Gasteiger partial charge in [-0.2, -0.15) is 0 Å². The van der Waals surface area contributed by atoms with E-state index in [1.54, 1.807) is 25.2 Å². The largest absolute Gasteiger partial charge is 0.457 e. The van der Waals surface area contributed by atoms with Gasteiger partial charge in [0.05, 0.1) is 29.3 Å². The summed E-state index contributed by atoms with van der Waals surface area (Å²) in [5.74, 6) is -2.17. The second kappa shape index (κ2) is 12.4. The number of rotatable bonds is 2. The van der Waals surface area contributed by atoms with E-state index in [0.29, 0.717) is 6.42 Å². The number of allylic oxidation sites excluding steroid dienone is 1. The molecule has 1 aliphatic rings. The summed E-state index contributed by atoms with van der Waals surface area (Å²) in [7, 11) is 0. The summed E-state index contributed by atoms with van der Waals surface area (Å²) < 4.78 is 5.71. The first kappa shape index (κ1) is 26.4. The molecule has 0 aliphatic carbocycles. The fourth-order valence-electron chi connectivity index (χ4n) is 3.99. The maximum Gasteiger partial charge on any atom is 0.309 e. The molecule has 7 heteroatoms. The Balaban J connectivity index is 2.21. The maximum atomic E-state index is 12.8. The van der Waals surface area contributed by atoms with Crippen LogP contribution in [0.3, 0.4) is 0 Å². The van der Waals surface area contributed by atoms with E-state index in [9.17, 15) is 19.8 Å². The molecule has 2 heterocycles. The van der Waals surface area contributed by atoms with Gasteiger partial charge in [-0.3, -0.25) is 9.59 Å². The van der Waals surface area contributed by atoms with E-state index in [-0.39, 0.29) is 18.1 Å². The number of esters is 1. The molecule has 0 fully saturated rings. The van der Waals surface area contributed by atoms with E-state index in [1.807, 2.05) is 38.3 Å². The van der Waals surface area contributed by atoms with E-state index in [2.05, 4.69) is 11.1 Å². The minimum atomic E-state index is -1.16. The Morgan fingerprint density at radius 2 is 1.91 bits per heavy atom. The van der Waals surface area contributed by atoms with Crippen molar-refractivity contribution in [2.45, 2.75) is 85.0 Å². The number of thiazole rings is 1. The molecule has 1 aliphatic heterocycles. The highest BCUT2D eigenvalue weighted by Crippen LogP contribution is 2.25. The molecule has 2 N–H and O–H groups in total. The zero-order chi connectivity index (χ0) is 23.8. The molecular weight excluding hydrogens is 426 g/mol. The SMILES string of the molecule is C/C(=C\c1csc(C)n1)[C@H]1C/C=C\CCC[C@@H](C)[C@@H](O)[C@@H](C)C(=O)[C@@H](C)[C@@H](O)CC(=O)O1. The van der Waals surface area contributed by atoms with Crippen molar-refractivity contribution in [3.8, 4) is 0 Å². The number of Topliss-reactive ketones (excluding diaryl/α,β-unsaturated/α-hetero) is 1. The number of ketones is 1. The molecule has 1 aromatic rings. The van der Waals surface area contributed by atoms with Gasteiger partial charge < -0.3 is 14.9 Å². The predicted octanol–water partition coefficient (Wildman–Crippen LogP) is 4.49. The van der Waals surface area contributed by atoms with Crippen molar-refractivity contribution in [1.82, 2.24) is 4.98 Å². The maximum absolute atomic E-state index is 12.8. The van der Waals surface area contributed by atoms with Gasteiger partial charge in [0.15, 0.2) is 0 Å². The first-order chi connectivity index (χ1) is 15.1. The molecule has 32 heavy (non-hydrogen) atoms. The number of cyclic esters (lactones) is 1. The van der Waals surface area contributed by atoms with Gasteiger partial charge >= 0.3 is 5.97 Å². The van der Waals surface area contributed by atoms with Crippen LogP contribution < -0.4 is 0 Å². The lowest BCUT2D eigenvalue weighted by molar-refractivity contribution is -0.151. The van der Waals surface area contributed by atoms with E-state index < -0.39 is 36.1 Å². The highest BCUT2D eigenvalue weighted by molar-refractivity contribution is 7.09. The number of aromatic nitrogens is 1. The van der Waals surface area contributed by atoms with Crippen molar-refractivity contribution in [1.29, 1.82) is 0 Å². The Labute approximate surface area is 195 Å². The minimum Gasteiger partial charge on any atom is -0.457 e. The first-order valence-corrected chi connectivity index (χ1v) is 12.3. The monoisotopic (exact) mass is 463 g/mol. The number of ether oxygens (including phenoxy) is 1. The van der Waals surface area contributed by atoms with Crippen molar-refractivity contribution in [2.75, 3.05) is 0 Å². The first-order valence-electron chi connectivity index (χ1n) is 11.4. The molecule has 1 aromatic heterocycles. The van der Waals surface area contributed by atoms with Crippen LogP contribution in [0, 0.1) is 24.7 Å². The Hall–Kier alpha value is -1.83. The molecule has 0 saturated carbocycles. The van der Waals surface area contributed by atoms with Crippen LogP contribution in [0.1, 0.15) is 70.5 Å². The van der Waals surface area contributed by atoms with Gasteiger partial charge in [0.1, 0.15) is 11.9 Å². The topological polar surface area (TPSA) is 96.7 Å². The summed E-state index contributed by atoms with van der Waals surface area (Å²) in [6.45, 7) is 9.10. The molecule has 0 amide bonds. The van der Waals surface area contributed by atoms with Gasteiger partial charge in [-0.25, -0.2) is 4.98 Å².